The smallest absolute Gasteiger partial charge is 0.416 e. The van der Waals surface area contributed by atoms with Gasteiger partial charge in [0.05, 0.1) is 15.5 Å². The van der Waals surface area contributed by atoms with E-state index in [0.29, 0.717) is 6.07 Å². The highest BCUT2D eigenvalue weighted by Crippen LogP contribution is 2.50. The Labute approximate surface area is 186 Å². The second kappa shape index (κ2) is 9.38. The van der Waals surface area contributed by atoms with Gasteiger partial charge in [0.2, 0.25) is 7.37 Å². The van der Waals surface area contributed by atoms with E-state index < -0.39 is 50.3 Å². The number of rotatable bonds is 8. The van der Waals surface area contributed by atoms with Gasteiger partial charge in [0.15, 0.2) is 15.3 Å². The quantitative estimate of drug-likeness (QED) is 0.263. The van der Waals surface area contributed by atoms with Crippen molar-refractivity contribution in [2.75, 3.05) is 12.4 Å². The van der Waals surface area contributed by atoms with Gasteiger partial charge >= 0.3 is 6.18 Å². The number of hydrogen-bond donors (Lipinski definition) is 0. The third kappa shape index (κ3) is 6.00. The minimum Gasteiger partial charge on any atom is -0.456 e. The molecule has 0 saturated carbocycles. The molecule has 0 aliphatic heterocycles. The van der Waals surface area contributed by atoms with Crippen LogP contribution in [0.2, 0.25) is 5.02 Å². The van der Waals surface area contributed by atoms with Gasteiger partial charge in [-0.2, -0.15) is 13.2 Å². The van der Waals surface area contributed by atoms with Crippen molar-refractivity contribution in [1.29, 1.82) is 0 Å². The monoisotopic (exact) mass is 515 g/mol. The average Bonchev–Trinajstić information content (AvgIpc) is 2.67. The van der Waals surface area contributed by atoms with Crippen LogP contribution in [0.3, 0.4) is 0 Å². The van der Waals surface area contributed by atoms with Crippen molar-refractivity contribution < 1.29 is 40.3 Å². The number of hydrogen-bond acceptors (Lipinski definition) is 7. The number of halogens is 4. The lowest BCUT2D eigenvalue weighted by Gasteiger charge is -2.21. The fourth-order valence-electron chi connectivity index (χ4n) is 2.50. The van der Waals surface area contributed by atoms with Crippen LogP contribution in [0.15, 0.2) is 36.4 Å². The maximum atomic E-state index is 13.4. The summed E-state index contributed by atoms with van der Waals surface area (Å²) in [6.07, 6.45) is -4.03. The third-order valence-corrected chi connectivity index (χ3v) is 8.66. The Morgan fingerprint density at radius 2 is 1.84 bits per heavy atom. The number of ether oxygens (including phenoxy) is 1. The zero-order chi connectivity index (χ0) is 24.5. The first-order chi connectivity index (χ1) is 14.6. The Kier molecular flexibility index (Phi) is 7.66. The summed E-state index contributed by atoms with van der Waals surface area (Å²) < 4.78 is 86.0. The number of nitro benzene ring substituents is 1. The molecule has 0 radical (unpaired) electrons. The van der Waals surface area contributed by atoms with Crippen LogP contribution in [0.4, 0.5) is 18.9 Å². The molecule has 176 valence electrons. The van der Waals surface area contributed by atoms with Crippen molar-refractivity contribution in [1.82, 2.24) is 0 Å². The zero-order valence-electron chi connectivity index (χ0n) is 16.9. The summed E-state index contributed by atoms with van der Waals surface area (Å²) in [6.45, 7) is 2.55. The number of nitrogens with zero attached hydrogens (tertiary/aromatic N) is 1. The molecule has 0 aliphatic carbocycles. The van der Waals surface area contributed by atoms with Gasteiger partial charge in [-0.15, -0.1) is 0 Å². The number of sulfone groups is 1. The van der Waals surface area contributed by atoms with Crippen LogP contribution in [0.25, 0.3) is 0 Å². The SMILES string of the molecule is CCP(=O)(OC(C)S(C)(=O)=O)c1cc(Oc2ccc(C(F)(F)F)cc2Cl)ccc1[N+](=O)[O-]. The van der Waals surface area contributed by atoms with Crippen LogP contribution in [0, 0.1) is 10.1 Å². The highest BCUT2D eigenvalue weighted by atomic mass is 35.5. The Morgan fingerprint density at radius 3 is 2.31 bits per heavy atom. The maximum Gasteiger partial charge on any atom is 0.416 e. The maximum absolute atomic E-state index is 13.4. The Balaban J connectivity index is 2.52. The van der Waals surface area contributed by atoms with Gasteiger partial charge in [0, 0.05) is 24.6 Å². The summed E-state index contributed by atoms with van der Waals surface area (Å²) in [6, 6.07) is 5.48. The average molecular weight is 516 g/mol. The fourth-order valence-corrected chi connectivity index (χ4v) is 5.67. The standard InChI is InChI=1S/C18H18ClF3NO7PS/c1-4-31(26,30-11(2)32(3,27)28)17-10-13(6-7-15(17)23(24)25)29-16-8-5-12(9-14(16)19)18(20,21)22/h5-11H,4H2,1-3H3. The van der Waals surface area contributed by atoms with Gasteiger partial charge in [-0.1, -0.05) is 18.5 Å². The van der Waals surface area contributed by atoms with Crippen LogP contribution in [0.5, 0.6) is 11.5 Å². The Morgan fingerprint density at radius 1 is 1.22 bits per heavy atom. The molecule has 0 fully saturated rings. The molecule has 0 bridgehead atoms. The molecule has 2 atom stereocenters. The van der Waals surface area contributed by atoms with E-state index in [1.165, 1.54) is 6.92 Å². The number of nitro groups is 1. The lowest BCUT2D eigenvalue weighted by Crippen LogP contribution is -2.23. The summed E-state index contributed by atoms with van der Waals surface area (Å²) >= 11 is 5.86. The van der Waals surface area contributed by atoms with Crippen LogP contribution < -0.4 is 10.0 Å². The van der Waals surface area contributed by atoms with Crippen molar-refractivity contribution in [2.45, 2.75) is 25.5 Å². The summed E-state index contributed by atoms with van der Waals surface area (Å²) in [5, 5.41) is 10.7. The molecule has 0 N–H and O–H groups in total. The second-order valence-corrected chi connectivity index (χ2v) is 12.0. The third-order valence-electron chi connectivity index (χ3n) is 4.34. The molecule has 0 spiro atoms. The van der Waals surface area contributed by atoms with Crippen LogP contribution in [-0.2, 0) is 25.1 Å². The summed E-state index contributed by atoms with van der Waals surface area (Å²) in [5.74, 6) is -0.312. The lowest BCUT2D eigenvalue weighted by molar-refractivity contribution is -0.383. The van der Waals surface area contributed by atoms with Crippen LogP contribution in [0.1, 0.15) is 19.4 Å². The minimum atomic E-state index is -4.62. The van der Waals surface area contributed by atoms with E-state index in [-0.39, 0.29) is 22.7 Å². The molecule has 8 nitrogen and oxygen atoms in total. The number of benzene rings is 2. The highest BCUT2D eigenvalue weighted by molar-refractivity contribution is 7.91. The Hall–Kier alpha value is -2.14. The fraction of sp³-hybridized carbons (Fsp3) is 0.333. The molecule has 2 unspecified atom stereocenters. The van der Waals surface area contributed by atoms with Crippen LogP contribution in [-0.4, -0.2) is 31.2 Å². The number of alkyl halides is 3. The molecule has 2 rings (SSSR count). The normalized spacial score (nSPS) is 15.1. The predicted molar refractivity (Wildman–Crippen MR) is 113 cm³/mol. The van der Waals surface area contributed by atoms with Crippen molar-refractivity contribution >= 4 is 39.8 Å². The molecule has 32 heavy (non-hydrogen) atoms. The van der Waals surface area contributed by atoms with E-state index in [1.807, 2.05) is 0 Å². The zero-order valence-corrected chi connectivity index (χ0v) is 19.4. The van der Waals surface area contributed by atoms with E-state index in [1.54, 1.807) is 0 Å². The summed E-state index contributed by atoms with van der Waals surface area (Å²) in [4.78, 5) is 10.6. The molecular weight excluding hydrogens is 498 g/mol. The first-order valence-corrected chi connectivity index (χ1v) is 13.0. The molecule has 2 aromatic rings. The molecule has 0 heterocycles. The molecule has 2 aromatic carbocycles. The van der Waals surface area contributed by atoms with Gasteiger partial charge in [-0.3, -0.25) is 14.7 Å². The summed E-state index contributed by atoms with van der Waals surface area (Å²) in [7, 11) is -7.83. The first kappa shape index (κ1) is 26.1. The van der Waals surface area contributed by atoms with E-state index in [0.717, 1.165) is 43.5 Å². The van der Waals surface area contributed by atoms with Crippen LogP contribution >= 0.6 is 19.0 Å². The lowest BCUT2D eigenvalue weighted by atomic mass is 10.2. The molecule has 14 heteroatoms. The van der Waals surface area contributed by atoms with E-state index in [9.17, 15) is 36.3 Å². The van der Waals surface area contributed by atoms with E-state index in [4.69, 9.17) is 20.9 Å². The molecule has 0 aromatic heterocycles. The van der Waals surface area contributed by atoms with Gasteiger partial charge < -0.3 is 9.26 Å². The second-order valence-electron chi connectivity index (χ2n) is 6.64. The Bertz CT molecular complexity index is 1190. The van der Waals surface area contributed by atoms with Gasteiger partial charge in [-0.25, -0.2) is 8.42 Å². The highest BCUT2D eigenvalue weighted by Gasteiger charge is 2.36. The molecule has 0 amide bonds. The van der Waals surface area contributed by atoms with Gasteiger partial charge in [-0.05, 0) is 31.2 Å². The topological polar surface area (TPSA) is 113 Å². The molecule has 0 saturated heterocycles. The largest absolute Gasteiger partial charge is 0.456 e. The minimum absolute atomic E-state index is 0.128. The molecule has 0 aliphatic rings. The van der Waals surface area contributed by atoms with Crippen molar-refractivity contribution in [3.8, 4) is 11.5 Å². The van der Waals surface area contributed by atoms with Crippen molar-refractivity contribution in [2.24, 2.45) is 0 Å². The van der Waals surface area contributed by atoms with Gasteiger partial charge in [0.1, 0.15) is 16.8 Å². The molecular formula is C18H18ClF3NO7PS. The predicted octanol–water partition coefficient (Wildman–Crippen LogP) is 5.39. The van der Waals surface area contributed by atoms with E-state index >= 15 is 0 Å². The van der Waals surface area contributed by atoms with Crippen molar-refractivity contribution in [3.63, 3.8) is 0 Å². The first-order valence-electron chi connectivity index (χ1n) is 8.88. The van der Waals surface area contributed by atoms with E-state index in [2.05, 4.69) is 0 Å². The van der Waals surface area contributed by atoms with Gasteiger partial charge in [0.25, 0.3) is 5.69 Å². The summed E-state index contributed by atoms with van der Waals surface area (Å²) in [5.41, 5.74) is -3.11. The van der Waals surface area contributed by atoms with Crippen molar-refractivity contribution in [3.05, 3.63) is 57.1 Å².